The molecule has 8 heteroatoms. The fourth-order valence-electron chi connectivity index (χ4n) is 1.74. The number of aromatic amines is 1. The van der Waals surface area contributed by atoms with Gasteiger partial charge in [-0.05, 0) is 32.9 Å². The largest absolute Gasteiger partial charge is 0.333 e. The normalized spacial score (nSPS) is 11.0. The number of amides is 3. The van der Waals surface area contributed by atoms with E-state index in [-0.39, 0.29) is 5.82 Å². The Kier molecular flexibility index (Phi) is 4.11. The van der Waals surface area contributed by atoms with Gasteiger partial charge in [0.1, 0.15) is 0 Å². The Morgan fingerprint density at radius 2 is 1.82 bits per heavy atom. The molecule has 4 N–H and O–H groups in total. The first kappa shape index (κ1) is 15.5. The number of hydrogen-bond acceptors (Lipinski definition) is 4. The topological polar surface area (TPSA) is 116 Å². The molecule has 2 aromatic rings. The molecule has 0 unspecified atom stereocenters. The van der Waals surface area contributed by atoms with E-state index >= 15 is 0 Å². The van der Waals surface area contributed by atoms with Gasteiger partial charge in [-0.25, -0.2) is 15.2 Å². The molecule has 0 atom stereocenters. The van der Waals surface area contributed by atoms with E-state index in [0.29, 0.717) is 10.9 Å². The molecule has 1 aromatic heterocycles. The van der Waals surface area contributed by atoms with Crippen molar-refractivity contribution in [2.75, 3.05) is 0 Å². The third-order valence-corrected chi connectivity index (χ3v) is 2.61. The lowest BCUT2D eigenvalue weighted by Gasteiger charge is -2.20. The predicted octanol–water partition coefficient (Wildman–Crippen LogP) is 0.666. The van der Waals surface area contributed by atoms with Crippen LogP contribution in [0.3, 0.4) is 0 Å². The first-order chi connectivity index (χ1) is 10.3. The summed E-state index contributed by atoms with van der Waals surface area (Å²) in [5, 5.41) is 3.00. The monoisotopic (exact) mass is 303 g/mol. The van der Waals surface area contributed by atoms with Gasteiger partial charge in [0.25, 0.3) is 5.56 Å². The zero-order chi connectivity index (χ0) is 16.3. The van der Waals surface area contributed by atoms with Gasteiger partial charge in [0.15, 0.2) is 0 Å². The van der Waals surface area contributed by atoms with Crippen molar-refractivity contribution in [3.05, 3.63) is 40.4 Å². The minimum Gasteiger partial charge on any atom is -0.332 e. The van der Waals surface area contributed by atoms with Gasteiger partial charge >= 0.3 is 11.9 Å². The Balaban J connectivity index is 2.10. The number of rotatable bonds is 1. The van der Waals surface area contributed by atoms with Gasteiger partial charge in [-0.15, -0.1) is 0 Å². The van der Waals surface area contributed by atoms with E-state index in [0.717, 1.165) is 0 Å². The quantitative estimate of drug-likeness (QED) is 0.579. The Hall–Kier alpha value is -2.90. The molecule has 116 valence electrons. The molecule has 0 saturated carbocycles. The summed E-state index contributed by atoms with van der Waals surface area (Å²) in [6.45, 7) is 5.41. The number of carbonyl (C=O) groups is 2. The summed E-state index contributed by atoms with van der Waals surface area (Å²) in [6, 6.07) is 6.09. The molecule has 0 fully saturated rings. The molecular formula is C14H17N5O3. The fourth-order valence-corrected chi connectivity index (χ4v) is 1.74. The summed E-state index contributed by atoms with van der Waals surface area (Å²) in [4.78, 5) is 41.7. The van der Waals surface area contributed by atoms with Crippen LogP contribution in [0.5, 0.6) is 0 Å². The van der Waals surface area contributed by atoms with Crippen molar-refractivity contribution in [3.63, 3.8) is 0 Å². The number of fused-ring (bicyclic) bond motifs is 1. The molecule has 0 saturated heterocycles. The van der Waals surface area contributed by atoms with Crippen LogP contribution in [0.2, 0.25) is 0 Å². The second-order valence-electron chi connectivity index (χ2n) is 5.71. The maximum atomic E-state index is 11.9. The van der Waals surface area contributed by atoms with Crippen LogP contribution in [0.25, 0.3) is 10.9 Å². The summed E-state index contributed by atoms with van der Waals surface area (Å²) >= 11 is 0. The van der Waals surface area contributed by atoms with Gasteiger partial charge in [-0.3, -0.25) is 15.0 Å². The van der Waals surface area contributed by atoms with Crippen LogP contribution in [0, 0.1) is 0 Å². The lowest BCUT2D eigenvalue weighted by atomic mass is 10.1. The SMILES string of the molecule is CC(C)(C)NC(=O)NNC(=O)c1nc2ccccc2c(=O)[nH]1. The number of aromatic nitrogens is 2. The highest BCUT2D eigenvalue weighted by molar-refractivity contribution is 5.93. The first-order valence-corrected chi connectivity index (χ1v) is 6.64. The van der Waals surface area contributed by atoms with Gasteiger partial charge < -0.3 is 10.3 Å². The molecule has 0 radical (unpaired) electrons. The molecule has 22 heavy (non-hydrogen) atoms. The van der Waals surface area contributed by atoms with Crippen LogP contribution in [-0.4, -0.2) is 27.4 Å². The molecule has 1 heterocycles. The van der Waals surface area contributed by atoms with Gasteiger partial charge in [0, 0.05) is 5.54 Å². The standard InChI is InChI=1S/C14H17N5O3/c1-14(2,3)17-13(22)19-18-12(21)10-15-9-7-5-4-6-8(9)11(20)16-10/h4-7H,1-3H3,(H,18,21)(H,15,16,20)(H2,17,19,22). The average molecular weight is 303 g/mol. The zero-order valence-electron chi connectivity index (χ0n) is 12.5. The van der Waals surface area contributed by atoms with E-state index in [1.165, 1.54) is 0 Å². The second kappa shape index (κ2) is 5.84. The number of nitrogens with one attached hydrogen (secondary N) is 4. The molecule has 0 aliphatic heterocycles. The minimum atomic E-state index is -0.716. The zero-order valence-corrected chi connectivity index (χ0v) is 12.5. The maximum Gasteiger partial charge on any atom is 0.333 e. The Bertz CT molecular complexity index is 776. The predicted molar refractivity (Wildman–Crippen MR) is 81.3 cm³/mol. The van der Waals surface area contributed by atoms with Crippen LogP contribution in [-0.2, 0) is 0 Å². The molecule has 8 nitrogen and oxygen atoms in total. The van der Waals surface area contributed by atoms with Gasteiger partial charge in [-0.1, -0.05) is 12.1 Å². The van der Waals surface area contributed by atoms with Crippen molar-refractivity contribution in [2.45, 2.75) is 26.3 Å². The van der Waals surface area contributed by atoms with Crippen LogP contribution >= 0.6 is 0 Å². The van der Waals surface area contributed by atoms with Crippen molar-refractivity contribution >= 4 is 22.8 Å². The van der Waals surface area contributed by atoms with Crippen molar-refractivity contribution in [2.24, 2.45) is 0 Å². The summed E-state index contributed by atoms with van der Waals surface area (Å²) in [6.07, 6.45) is 0. The number of para-hydroxylation sites is 1. The lowest BCUT2D eigenvalue weighted by Crippen LogP contribution is -2.52. The number of H-pyrrole nitrogens is 1. The van der Waals surface area contributed by atoms with Gasteiger partial charge in [0.05, 0.1) is 10.9 Å². The summed E-state index contributed by atoms with van der Waals surface area (Å²) in [5.74, 6) is -0.897. The minimum absolute atomic E-state index is 0.181. The van der Waals surface area contributed by atoms with Crippen molar-refractivity contribution in [1.82, 2.24) is 26.1 Å². The number of nitrogens with zero attached hydrogens (tertiary/aromatic N) is 1. The van der Waals surface area contributed by atoms with E-state index in [9.17, 15) is 14.4 Å². The van der Waals surface area contributed by atoms with Crippen LogP contribution in [0.15, 0.2) is 29.1 Å². The van der Waals surface area contributed by atoms with E-state index < -0.39 is 23.0 Å². The Morgan fingerprint density at radius 1 is 1.14 bits per heavy atom. The molecular weight excluding hydrogens is 286 g/mol. The van der Waals surface area contributed by atoms with Crippen LogP contribution in [0.1, 0.15) is 31.4 Å². The first-order valence-electron chi connectivity index (χ1n) is 6.64. The highest BCUT2D eigenvalue weighted by Gasteiger charge is 2.15. The third-order valence-electron chi connectivity index (χ3n) is 2.61. The molecule has 3 amide bonds. The molecule has 1 aromatic carbocycles. The number of urea groups is 1. The molecule has 0 aliphatic rings. The number of hydrazine groups is 1. The Labute approximate surface area is 126 Å². The fraction of sp³-hybridized carbons (Fsp3) is 0.286. The van der Waals surface area contributed by atoms with E-state index in [2.05, 4.69) is 26.1 Å². The van der Waals surface area contributed by atoms with E-state index in [4.69, 9.17) is 0 Å². The number of hydrogen-bond donors (Lipinski definition) is 4. The number of benzene rings is 1. The Morgan fingerprint density at radius 3 is 2.50 bits per heavy atom. The van der Waals surface area contributed by atoms with E-state index in [1.807, 2.05) is 0 Å². The third kappa shape index (κ3) is 3.81. The van der Waals surface area contributed by atoms with Crippen LogP contribution in [0.4, 0.5) is 4.79 Å². The van der Waals surface area contributed by atoms with Gasteiger partial charge in [0.2, 0.25) is 5.82 Å². The highest BCUT2D eigenvalue weighted by Crippen LogP contribution is 2.05. The lowest BCUT2D eigenvalue weighted by molar-refractivity contribution is 0.0924. The summed E-state index contributed by atoms with van der Waals surface area (Å²) in [5.41, 5.74) is 3.91. The molecule has 2 rings (SSSR count). The summed E-state index contributed by atoms with van der Waals surface area (Å²) < 4.78 is 0. The van der Waals surface area contributed by atoms with Crippen molar-refractivity contribution < 1.29 is 9.59 Å². The smallest absolute Gasteiger partial charge is 0.332 e. The summed E-state index contributed by atoms with van der Waals surface area (Å²) in [7, 11) is 0. The van der Waals surface area contributed by atoms with Gasteiger partial charge in [-0.2, -0.15) is 0 Å². The maximum absolute atomic E-state index is 11.9. The highest BCUT2D eigenvalue weighted by atomic mass is 16.2. The second-order valence-corrected chi connectivity index (χ2v) is 5.71. The van der Waals surface area contributed by atoms with Crippen molar-refractivity contribution in [1.29, 1.82) is 0 Å². The number of carbonyl (C=O) groups excluding carboxylic acids is 2. The van der Waals surface area contributed by atoms with Crippen LogP contribution < -0.4 is 21.7 Å². The van der Waals surface area contributed by atoms with Crippen molar-refractivity contribution in [3.8, 4) is 0 Å². The molecule has 0 bridgehead atoms. The molecule has 0 spiro atoms. The average Bonchev–Trinajstić information content (AvgIpc) is 2.43. The molecule has 0 aliphatic carbocycles. The van der Waals surface area contributed by atoms with E-state index in [1.54, 1.807) is 45.0 Å².